The number of aromatic nitrogens is 2. The summed E-state index contributed by atoms with van der Waals surface area (Å²) in [6.07, 6.45) is 4.84. The number of nitrogens with one attached hydrogen (secondary N) is 1. The molecule has 1 fully saturated rings. The highest BCUT2D eigenvalue weighted by Gasteiger charge is 2.35. The van der Waals surface area contributed by atoms with E-state index in [1.54, 1.807) is 0 Å². The van der Waals surface area contributed by atoms with Crippen LogP contribution in [0.4, 0.5) is 4.79 Å². The van der Waals surface area contributed by atoms with Gasteiger partial charge in [0.2, 0.25) is 0 Å². The Labute approximate surface area is 168 Å². The lowest BCUT2D eigenvalue weighted by atomic mass is 10.1. The topological polar surface area (TPSA) is 58.2 Å². The number of unbranched alkanes of at least 4 members (excludes halogenated alkanes) is 1. The van der Waals surface area contributed by atoms with E-state index in [1.165, 1.54) is 5.56 Å². The molecule has 1 aliphatic rings. The summed E-state index contributed by atoms with van der Waals surface area (Å²) in [4.78, 5) is 23.0. The minimum absolute atomic E-state index is 0.0468. The summed E-state index contributed by atoms with van der Waals surface area (Å²) in [6, 6.07) is 8.45. The molecule has 1 amide bonds. The molecule has 1 N–H and O–H groups in total. The van der Waals surface area contributed by atoms with Gasteiger partial charge in [0.05, 0.1) is 11.7 Å². The first-order chi connectivity index (χ1) is 13.3. The van der Waals surface area contributed by atoms with Crippen molar-refractivity contribution in [3.63, 3.8) is 0 Å². The van der Waals surface area contributed by atoms with Gasteiger partial charge in [-0.25, -0.2) is 9.78 Å². The predicted molar refractivity (Wildman–Crippen MR) is 112 cm³/mol. The Bertz CT molecular complexity index is 802. The molecule has 1 atom stereocenters. The van der Waals surface area contributed by atoms with E-state index in [0.29, 0.717) is 6.54 Å². The molecular weight excluding hydrogens is 350 g/mol. The van der Waals surface area contributed by atoms with Crippen LogP contribution in [-0.2, 0) is 11.2 Å². The van der Waals surface area contributed by atoms with Gasteiger partial charge in [-0.15, -0.1) is 0 Å². The van der Waals surface area contributed by atoms with Gasteiger partial charge < -0.3 is 9.72 Å². The average molecular weight is 384 g/mol. The van der Waals surface area contributed by atoms with Crippen molar-refractivity contribution in [3.05, 3.63) is 41.3 Å². The second kappa shape index (κ2) is 8.38. The number of H-pyrrole nitrogens is 1. The molecule has 2 heterocycles. The first-order valence-corrected chi connectivity index (χ1v) is 10.4. The van der Waals surface area contributed by atoms with Gasteiger partial charge >= 0.3 is 6.09 Å². The van der Waals surface area contributed by atoms with E-state index in [1.807, 2.05) is 25.7 Å². The van der Waals surface area contributed by atoms with Crippen LogP contribution in [0.2, 0.25) is 0 Å². The summed E-state index contributed by atoms with van der Waals surface area (Å²) >= 11 is 0. The molecule has 0 aliphatic carbocycles. The smallest absolute Gasteiger partial charge is 0.410 e. The number of carbonyl (C=O) groups excluding carboxylic acids is 1. The Morgan fingerprint density at radius 3 is 2.64 bits per heavy atom. The van der Waals surface area contributed by atoms with Crippen LogP contribution in [0.3, 0.4) is 0 Å². The van der Waals surface area contributed by atoms with Crippen LogP contribution in [-0.4, -0.2) is 33.1 Å². The molecule has 152 valence electrons. The normalized spacial score (nSPS) is 17.2. The fourth-order valence-electron chi connectivity index (χ4n) is 3.66. The number of hydrogen-bond acceptors (Lipinski definition) is 3. The van der Waals surface area contributed by atoms with E-state index in [-0.39, 0.29) is 12.1 Å². The number of likely N-dealkylation sites (tertiary alicyclic amines) is 1. The Morgan fingerprint density at radius 1 is 1.29 bits per heavy atom. The fraction of sp³-hybridized carbons (Fsp3) is 0.565. The zero-order chi connectivity index (χ0) is 20.3. The summed E-state index contributed by atoms with van der Waals surface area (Å²) < 4.78 is 5.62. The molecule has 0 bridgehead atoms. The highest BCUT2D eigenvalue weighted by atomic mass is 16.6. The highest BCUT2D eigenvalue weighted by Crippen LogP contribution is 2.34. The van der Waals surface area contributed by atoms with Gasteiger partial charge in [0.15, 0.2) is 0 Å². The van der Waals surface area contributed by atoms with Gasteiger partial charge in [-0.1, -0.05) is 43.2 Å². The number of benzene rings is 1. The van der Waals surface area contributed by atoms with E-state index < -0.39 is 5.60 Å². The van der Waals surface area contributed by atoms with Crippen molar-refractivity contribution in [2.75, 3.05) is 6.54 Å². The Kier molecular flexibility index (Phi) is 6.11. The molecule has 3 rings (SSSR count). The van der Waals surface area contributed by atoms with Crippen molar-refractivity contribution in [1.82, 2.24) is 14.9 Å². The molecule has 1 aliphatic heterocycles. The van der Waals surface area contributed by atoms with Crippen molar-refractivity contribution in [1.29, 1.82) is 0 Å². The molecule has 2 aromatic rings. The van der Waals surface area contributed by atoms with Crippen LogP contribution in [0.5, 0.6) is 0 Å². The second-order valence-electron chi connectivity index (χ2n) is 8.75. The van der Waals surface area contributed by atoms with E-state index >= 15 is 0 Å². The number of hydrogen-bond donors (Lipinski definition) is 1. The number of imidazole rings is 1. The second-order valence-corrected chi connectivity index (χ2v) is 8.75. The molecule has 1 saturated heterocycles. The molecule has 1 aromatic heterocycles. The third kappa shape index (κ3) is 4.75. The summed E-state index contributed by atoms with van der Waals surface area (Å²) in [7, 11) is 0. The SMILES string of the molecule is CCCCc1[nH]c([C@@H]2CCCN2C(=O)OC(C)(C)C)nc1-c1ccc(C)cc1. The van der Waals surface area contributed by atoms with Crippen molar-refractivity contribution in [3.8, 4) is 11.3 Å². The summed E-state index contributed by atoms with van der Waals surface area (Å²) in [6.45, 7) is 10.7. The van der Waals surface area contributed by atoms with Crippen LogP contribution in [0.15, 0.2) is 24.3 Å². The Morgan fingerprint density at radius 2 is 2.00 bits per heavy atom. The Balaban J connectivity index is 1.90. The predicted octanol–water partition coefficient (Wildman–Crippen LogP) is 5.80. The summed E-state index contributed by atoms with van der Waals surface area (Å²) in [5, 5.41) is 0. The van der Waals surface area contributed by atoms with Crippen LogP contribution in [0.1, 0.15) is 76.5 Å². The number of ether oxygens (including phenoxy) is 1. The van der Waals surface area contributed by atoms with E-state index in [9.17, 15) is 4.79 Å². The fourth-order valence-corrected chi connectivity index (χ4v) is 3.66. The average Bonchev–Trinajstić information content (AvgIpc) is 3.26. The maximum atomic E-state index is 12.7. The molecule has 0 unspecified atom stereocenters. The number of amides is 1. The van der Waals surface area contributed by atoms with Gasteiger partial charge in [0.1, 0.15) is 11.4 Å². The molecule has 1 aromatic carbocycles. The number of aromatic amines is 1. The van der Waals surface area contributed by atoms with Gasteiger partial charge in [-0.3, -0.25) is 4.90 Å². The van der Waals surface area contributed by atoms with Gasteiger partial charge in [0, 0.05) is 17.8 Å². The van der Waals surface area contributed by atoms with Gasteiger partial charge in [-0.05, 0) is 53.4 Å². The summed E-state index contributed by atoms with van der Waals surface area (Å²) in [5.41, 5.74) is 4.05. The van der Waals surface area contributed by atoms with E-state index in [2.05, 4.69) is 43.1 Å². The number of carbonyl (C=O) groups is 1. The highest BCUT2D eigenvalue weighted by molar-refractivity contribution is 5.69. The molecule has 0 spiro atoms. The van der Waals surface area contributed by atoms with Crippen molar-refractivity contribution in [2.24, 2.45) is 0 Å². The lowest BCUT2D eigenvalue weighted by Gasteiger charge is -2.27. The third-order valence-electron chi connectivity index (χ3n) is 5.10. The minimum Gasteiger partial charge on any atom is -0.444 e. The monoisotopic (exact) mass is 383 g/mol. The van der Waals surface area contributed by atoms with Crippen LogP contribution < -0.4 is 0 Å². The van der Waals surface area contributed by atoms with Gasteiger partial charge in [-0.2, -0.15) is 0 Å². The van der Waals surface area contributed by atoms with Crippen LogP contribution >= 0.6 is 0 Å². The summed E-state index contributed by atoms with van der Waals surface area (Å²) in [5.74, 6) is 0.880. The van der Waals surface area contributed by atoms with Crippen molar-refractivity contribution < 1.29 is 9.53 Å². The lowest BCUT2D eigenvalue weighted by molar-refractivity contribution is 0.0218. The minimum atomic E-state index is -0.493. The standard InChI is InChI=1S/C23H33N3O2/c1-6-7-9-18-20(17-13-11-16(2)12-14-17)25-21(24-18)19-10-8-15-26(19)22(27)28-23(3,4)5/h11-14,19H,6-10,15H2,1-5H3,(H,24,25)/t19-/m0/s1. The molecule has 0 saturated carbocycles. The van der Waals surface area contributed by atoms with Crippen molar-refractivity contribution >= 4 is 6.09 Å². The van der Waals surface area contributed by atoms with Crippen LogP contribution in [0, 0.1) is 6.92 Å². The maximum Gasteiger partial charge on any atom is 0.410 e. The largest absolute Gasteiger partial charge is 0.444 e. The number of nitrogens with zero attached hydrogens (tertiary/aromatic N) is 2. The molecule has 0 radical (unpaired) electrons. The number of aryl methyl sites for hydroxylation is 2. The maximum absolute atomic E-state index is 12.7. The van der Waals surface area contributed by atoms with Crippen molar-refractivity contribution in [2.45, 2.75) is 78.4 Å². The molecule has 5 heteroatoms. The Hall–Kier alpha value is -2.30. The first kappa shape index (κ1) is 20.4. The van der Waals surface area contributed by atoms with Crippen LogP contribution in [0.25, 0.3) is 11.3 Å². The zero-order valence-electron chi connectivity index (χ0n) is 17.8. The molecule has 28 heavy (non-hydrogen) atoms. The molecular formula is C23H33N3O2. The third-order valence-corrected chi connectivity index (χ3v) is 5.10. The zero-order valence-corrected chi connectivity index (χ0v) is 17.8. The van der Waals surface area contributed by atoms with E-state index in [4.69, 9.17) is 9.72 Å². The number of rotatable bonds is 5. The quantitative estimate of drug-likeness (QED) is 0.710. The van der Waals surface area contributed by atoms with Gasteiger partial charge in [0.25, 0.3) is 0 Å². The molecule has 5 nitrogen and oxygen atoms in total. The lowest BCUT2D eigenvalue weighted by Crippen LogP contribution is -2.36. The first-order valence-electron chi connectivity index (χ1n) is 10.4. The van der Waals surface area contributed by atoms with E-state index in [0.717, 1.165) is 54.9 Å².